The van der Waals surface area contributed by atoms with Gasteiger partial charge >= 0.3 is 0 Å². The van der Waals surface area contributed by atoms with Gasteiger partial charge in [0.15, 0.2) is 5.78 Å². The second-order valence-corrected chi connectivity index (χ2v) is 2.99. The molecule has 0 aromatic carbocycles. The van der Waals surface area contributed by atoms with E-state index in [0.29, 0.717) is 6.42 Å². The lowest BCUT2D eigenvalue weighted by molar-refractivity contribution is 0.0969. The lowest BCUT2D eigenvalue weighted by Crippen LogP contribution is -2.09. The van der Waals surface area contributed by atoms with E-state index in [9.17, 15) is 4.79 Å². The fraction of sp³-hybridized carbons (Fsp3) is 0.545. The number of rotatable bonds is 0. The Kier molecular flexibility index (Phi) is 3.29. The molecule has 1 aliphatic rings. The van der Waals surface area contributed by atoms with Crippen molar-refractivity contribution < 1.29 is 9.21 Å². The van der Waals surface area contributed by atoms with E-state index in [1.54, 1.807) is 6.26 Å². The average Bonchev–Trinajstić information content (AvgIpc) is 2.53. The van der Waals surface area contributed by atoms with E-state index in [4.69, 9.17) is 4.42 Å². The molecule has 0 amide bonds. The molecule has 13 heavy (non-hydrogen) atoms. The number of hydrogen-bond acceptors (Lipinski definition) is 2. The monoisotopic (exact) mass is 180 g/mol. The minimum atomic E-state index is 0.248. The van der Waals surface area contributed by atoms with Gasteiger partial charge < -0.3 is 4.42 Å². The SMILES string of the molecule is CC.Cc1coc2c1C(=O)CCC2. The van der Waals surface area contributed by atoms with Crippen LogP contribution in [0.1, 0.15) is 48.4 Å². The standard InChI is InChI=1S/C9H10O2.C2H6/c1-6-5-11-8-4-2-3-7(10)9(6)8;1-2/h5H,2-4H2,1H3;1-2H3. The molecule has 0 unspecified atom stereocenters. The highest BCUT2D eigenvalue weighted by molar-refractivity contribution is 5.99. The Labute approximate surface area is 78.9 Å². The quantitative estimate of drug-likeness (QED) is 0.614. The molecule has 1 aromatic rings. The van der Waals surface area contributed by atoms with Crippen molar-refractivity contribution >= 4 is 5.78 Å². The zero-order chi connectivity index (χ0) is 9.84. The second-order valence-electron chi connectivity index (χ2n) is 2.99. The third-order valence-electron chi connectivity index (χ3n) is 2.14. The van der Waals surface area contributed by atoms with Crippen LogP contribution < -0.4 is 0 Å². The minimum absolute atomic E-state index is 0.248. The summed E-state index contributed by atoms with van der Waals surface area (Å²) in [4.78, 5) is 11.3. The average molecular weight is 180 g/mol. The van der Waals surface area contributed by atoms with Crippen LogP contribution in [0.15, 0.2) is 10.7 Å². The summed E-state index contributed by atoms with van der Waals surface area (Å²) < 4.78 is 5.24. The molecule has 1 heterocycles. The predicted octanol–water partition coefficient (Wildman–Crippen LogP) is 3.13. The normalized spacial score (nSPS) is 14.5. The second kappa shape index (κ2) is 4.26. The molecule has 0 bridgehead atoms. The molecule has 2 nitrogen and oxygen atoms in total. The van der Waals surface area contributed by atoms with Crippen molar-refractivity contribution in [2.45, 2.75) is 40.0 Å². The molecule has 0 radical (unpaired) electrons. The third-order valence-corrected chi connectivity index (χ3v) is 2.14. The van der Waals surface area contributed by atoms with E-state index >= 15 is 0 Å². The van der Waals surface area contributed by atoms with Crippen LogP contribution in [0.5, 0.6) is 0 Å². The fourth-order valence-electron chi connectivity index (χ4n) is 1.59. The number of fused-ring (bicyclic) bond motifs is 1. The van der Waals surface area contributed by atoms with Crippen LogP contribution in [0.4, 0.5) is 0 Å². The Hall–Kier alpha value is -1.05. The molecule has 72 valence electrons. The Morgan fingerprint density at radius 3 is 2.62 bits per heavy atom. The molecule has 0 atom stereocenters. The molecular formula is C11H16O2. The van der Waals surface area contributed by atoms with Crippen molar-refractivity contribution in [1.29, 1.82) is 0 Å². The van der Waals surface area contributed by atoms with E-state index in [1.807, 2.05) is 20.8 Å². The summed E-state index contributed by atoms with van der Waals surface area (Å²) in [6, 6.07) is 0. The first kappa shape index (κ1) is 10.0. The number of ketones is 1. The van der Waals surface area contributed by atoms with Crippen molar-refractivity contribution in [3.63, 3.8) is 0 Å². The Morgan fingerprint density at radius 2 is 2.00 bits per heavy atom. The topological polar surface area (TPSA) is 30.2 Å². The van der Waals surface area contributed by atoms with Crippen molar-refractivity contribution in [3.05, 3.63) is 23.2 Å². The Morgan fingerprint density at radius 1 is 1.31 bits per heavy atom. The molecule has 0 saturated heterocycles. The van der Waals surface area contributed by atoms with Gasteiger partial charge in [0.05, 0.1) is 11.8 Å². The lowest BCUT2D eigenvalue weighted by Gasteiger charge is -2.07. The Bertz CT molecular complexity index is 297. The molecule has 2 heteroatoms. The van der Waals surface area contributed by atoms with Crippen LogP contribution >= 0.6 is 0 Å². The third kappa shape index (κ3) is 1.82. The summed E-state index contributed by atoms with van der Waals surface area (Å²) in [5, 5.41) is 0. The highest BCUT2D eigenvalue weighted by Gasteiger charge is 2.21. The van der Waals surface area contributed by atoms with Gasteiger partial charge in [0, 0.05) is 12.8 Å². The van der Waals surface area contributed by atoms with Gasteiger partial charge in [-0.3, -0.25) is 4.79 Å². The molecule has 0 saturated carbocycles. The lowest BCUT2D eigenvalue weighted by atomic mass is 9.95. The van der Waals surface area contributed by atoms with E-state index < -0.39 is 0 Å². The summed E-state index contributed by atoms with van der Waals surface area (Å²) in [5.74, 6) is 1.14. The minimum Gasteiger partial charge on any atom is -0.468 e. The number of hydrogen-bond donors (Lipinski definition) is 0. The van der Waals surface area contributed by atoms with Crippen molar-refractivity contribution in [2.75, 3.05) is 0 Å². The molecule has 0 aliphatic heterocycles. The number of furan rings is 1. The maximum absolute atomic E-state index is 11.3. The van der Waals surface area contributed by atoms with E-state index in [0.717, 1.165) is 29.7 Å². The van der Waals surface area contributed by atoms with Gasteiger partial charge in [-0.1, -0.05) is 13.8 Å². The van der Waals surface area contributed by atoms with Gasteiger partial charge in [-0.25, -0.2) is 0 Å². The fourth-order valence-corrected chi connectivity index (χ4v) is 1.59. The van der Waals surface area contributed by atoms with E-state index in [1.165, 1.54) is 0 Å². The van der Waals surface area contributed by atoms with Gasteiger partial charge in [-0.05, 0) is 18.9 Å². The molecule has 1 aliphatic carbocycles. The summed E-state index contributed by atoms with van der Waals surface area (Å²) >= 11 is 0. The van der Waals surface area contributed by atoms with Gasteiger partial charge in [0.25, 0.3) is 0 Å². The maximum Gasteiger partial charge on any atom is 0.166 e. The number of carbonyl (C=O) groups is 1. The van der Waals surface area contributed by atoms with Crippen LogP contribution in [-0.2, 0) is 6.42 Å². The number of aryl methyl sites for hydroxylation is 2. The largest absolute Gasteiger partial charge is 0.468 e. The number of carbonyl (C=O) groups excluding carboxylic acids is 1. The van der Waals surface area contributed by atoms with Crippen LogP contribution in [-0.4, -0.2) is 5.78 Å². The molecule has 0 N–H and O–H groups in total. The van der Waals surface area contributed by atoms with E-state index in [-0.39, 0.29) is 5.78 Å². The summed E-state index contributed by atoms with van der Waals surface area (Å²) in [6.45, 7) is 5.92. The van der Waals surface area contributed by atoms with Gasteiger partial charge in [0.2, 0.25) is 0 Å². The predicted molar refractivity (Wildman–Crippen MR) is 52.1 cm³/mol. The maximum atomic E-state index is 11.3. The summed E-state index contributed by atoms with van der Waals surface area (Å²) in [6.07, 6.45) is 4.23. The van der Waals surface area contributed by atoms with Crippen molar-refractivity contribution in [3.8, 4) is 0 Å². The van der Waals surface area contributed by atoms with Gasteiger partial charge in [-0.15, -0.1) is 0 Å². The first-order valence-electron chi connectivity index (χ1n) is 4.89. The molecular weight excluding hydrogens is 164 g/mol. The molecule has 0 fully saturated rings. The first-order valence-corrected chi connectivity index (χ1v) is 4.89. The summed E-state index contributed by atoms with van der Waals surface area (Å²) in [5.41, 5.74) is 1.83. The van der Waals surface area contributed by atoms with Crippen LogP contribution in [0.3, 0.4) is 0 Å². The van der Waals surface area contributed by atoms with Crippen molar-refractivity contribution in [2.24, 2.45) is 0 Å². The van der Waals surface area contributed by atoms with Crippen LogP contribution in [0.25, 0.3) is 0 Å². The zero-order valence-corrected chi connectivity index (χ0v) is 8.52. The van der Waals surface area contributed by atoms with Crippen molar-refractivity contribution in [1.82, 2.24) is 0 Å². The smallest absolute Gasteiger partial charge is 0.166 e. The van der Waals surface area contributed by atoms with Crippen LogP contribution in [0, 0.1) is 6.92 Å². The first-order chi connectivity index (χ1) is 6.29. The Balaban J connectivity index is 0.000000396. The highest BCUT2D eigenvalue weighted by Crippen LogP contribution is 2.25. The highest BCUT2D eigenvalue weighted by atomic mass is 16.3. The van der Waals surface area contributed by atoms with Gasteiger partial charge in [-0.2, -0.15) is 0 Å². The number of Topliss-reactive ketones (excluding diaryl/α,β-unsaturated/α-hetero) is 1. The van der Waals surface area contributed by atoms with Gasteiger partial charge in [0.1, 0.15) is 5.76 Å². The molecule has 2 rings (SSSR count). The van der Waals surface area contributed by atoms with E-state index in [2.05, 4.69) is 0 Å². The molecule has 0 spiro atoms. The van der Waals surface area contributed by atoms with Crippen LogP contribution in [0.2, 0.25) is 0 Å². The zero-order valence-electron chi connectivity index (χ0n) is 8.52. The summed E-state index contributed by atoms with van der Waals surface area (Å²) in [7, 11) is 0. The molecule has 1 aromatic heterocycles.